The van der Waals surface area contributed by atoms with Gasteiger partial charge in [-0.15, -0.1) is 11.3 Å². The van der Waals surface area contributed by atoms with Crippen molar-refractivity contribution in [2.24, 2.45) is 4.99 Å². The van der Waals surface area contributed by atoms with Crippen LogP contribution in [0, 0.1) is 5.82 Å². The Morgan fingerprint density at radius 3 is 2.64 bits per heavy atom. The number of hydrogen-bond donors (Lipinski definition) is 0. The third-order valence-corrected chi connectivity index (χ3v) is 7.88. The van der Waals surface area contributed by atoms with Crippen LogP contribution >= 0.6 is 22.9 Å². The van der Waals surface area contributed by atoms with Gasteiger partial charge in [0.2, 0.25) is 0 Å². The van der Waals surface area contributed by atoms with Crippen LogP contribution in [-0.2, 0) is 14.3 Å². The second-order valence-electron chi connectivity index (χ2n) is 8.86. The van der Waals surface area contributed by atoms with Crippen molar-refractivity contribution >= 4 is 46.6 Å². The molecule has 3 aromatic rings. The number of ether oxygens (including phenoxy) is 1. The molecule has 39 heavy (non-hydrogen) atoms. The van der Waals surface area contributed by atoms with Crippen molar-refractivity contribution in [2.45, 2.75) is 24.6 Å². The monoisotopic (exact) mass is 578 g/mol. The summed E-state index contributed by atoms with van der Waals surface area (Å²) in [6.07, 6.45) is 3.03. The highest BCUT2D eigenvalue weighted by atomic mass is 35.5. The molecule has 10 nitrogen and oxygen atoms in total. The molecule has 202 valence electrons. The Labute approximate surface area is 228 Å². The van der Waals surface area contributed by atoms with Crippen molar-refractivity contribution in [3.8, 4) is 0 Å². The number of likely N-dealkylation sites (N-methyl/N-ethyl adjacent to an activating group) is 1. The number of hydrogen-bond acceptors (Lipinski definition) is 9. The number of fused-ring (bicyclic) bond motifs is 1. The number of carbonyl (C=O) groups excluding carboxylic acids is 3. The average molecular weight is 579 g/mol. The molecule has 0 bridgehead atoms. The van der Waals surface area contributed by atoms with E-state index in [1.54, 1.807) is 18.1 Å². The van der Waals surface area contributed by atoms with Crippen LogP contribution in [0.4, 0.5) is 18.0 Å². The zero-order valence-corrected chi connectivity index (χ0v) is 21.6. The van der Waals surface area contributed by atoms with Crippen LogP contribution in [0.3, 0.4) is 0 Å². The van der Waals surface area contributed by atoms with Crippen LogP contribution in [0.5, 0.6) is 0 Å². The van der Waals surface area contributed by atoms with Gasteiger partial charge in [0.05, 0.1) is 12.2 Å². The Kier molecular flexibility index (Phi) is 7.02. The van der Waals surface area contributed by atoms with E-state index in [4.69, 9.17) is 30.9 Å². The molecule has 2 fully saturated rings. The average Bonchev–Trinajstić information content (AvgIpc) is 3.69. The van der Waals surface area contributed by atoms with Gasteiger partial charge in [-0.3, -0.25) is 9.89 Å². The lowest BCUT2D eigenvalue weighted by Crippen LogP contribution is -2.47. The summed E-state index contributed by atoms with van der Waals surface area (Å²) in [5, 5.41) is 6.73. The van der Waals surface area contributed by atoms with E-state index in [-0.39, 0.29) is 23.5 Å². The number of thiazole rings is 1. The summed E-state index contributed by atoms with van der Waals surface area (Å²) in [4.78, 5) is 41.5. The van der Waals surface area contributed by atoms with E-state index in [1.165, 1.54) is 41.8 Å². The normalized spacial score (nSPS) is 22.1. The molecule has 2 atom stereocenters. The standard InChI is InChI=1S/C23H18ClF3N6O2S.CO2/c1-31-22(34)35-11-23(31)9-16-17(15-4-6-33(30-15)21(26)27)18(13-3-2-12(25)8-14(13)24)29-19(32(16)10-23)20-28-5-7-36-20;2-1-3/h2-8,18,21H,9-11H2,1H3;/t18-,23+;/m0./s1. The van der Waals surface area contributed by atoms with Gasteiger partial charge in [-0.25, -0.2) is 18.9 Å². The van der Waals surface area contributed by atoms with Gasteiger partial charge < -0.3 is 9.64 Å². The van der Waals surface area contributed by atoms with Crippen molar-refractivity contribution < 1.29 is 32.3 Å². The number of aliphatic imine (C=N–C) groups is 1. The van der Waals surface area contributed by atoms with E-state index in [0.717, 1.165) is 5.70 Å². The molecular formula is C24H18ClF3N6O4S. The fourth-order valence-corrected chi connectivity index (χ4v) is 5.86. The molecular weight excluding hydrogens is 561 g/mol. The molecule has 2 saturated heterocycles. The fraction of sp³-hybridized carbons (Fsp3) is 0.292. The first-order chi connectivity index (χ1) is 18.7. The van der Waals surface area contributed by atoms with Gasteiger partial charge in [0.25, 0.3) is 0 Å². The molecule has 0 unspecified atom stereocenters. The second-order valence-corrected chi connectivity index (χ2v) is 10.2. The number of alkyl halides is 2. The zero-order chi connectivity index (χ0) is 27.9. The number of halogens is 4. The second kappa shape index (κ2) is 10.3. The van der Waals surface area contributed by atoms with Crippen LogP contribution in [0.25, 0.3) is 5.57 Å². The summed E-state index contributed by atoms with van der Waals surface area (Å²) < 4.78 is 46.7. The minimum absolute atomic E-state index is 0.145. The summed E-state index contributed by atoms with van der Waals surface area (Å²) in [5.74, 6) is 0.0385. The third kappa shape index (κ3) is 4.60. The Bertz CT molecular complexity index is 1520. The van der Waals surface area contributed by atoms with Crippen molar-refractivity contribution in [1.29, 1.82) is 0 Å². The van der Waals surface area contributed by atoms with Gasteiger partial charge in [-0.05, 0) is 18.2 Å². The number of benzene rings is 1. The SMILES string of the molecule is CN1C(=O)OC[C@]12CC1=C(c3ccn(C(F)F)n3)[C@H](c3ccc(F)cc3Cl)N=C(c3nccs3)N1C2.O=C=O. The maximum Gasteiger partial charge on any atom is 0.410 e. The highest BCUT2D eigenvalue weighted by molar-refractivity contribution is 7.11. The van der Waals surface area contributed by atoms with Gasteiger partial charge in [-0.2, -0.15) is 23.5 Å². The lowest BCUT2D eigenvalue weighted by molar-refractivity contribution is -0.191. The highest BCUT2D eigenvalue weighted by Crippen LogP contribution is 2.50. The smallest absolute Gasteiger partial charge is 0.410 e. The molecule has 1 amide bonds. The summed E-state index contributed by atoms with van der Waals surface area (Å²) in [5.41, 5.74) is 1.38. The summed E-state index contributed by atoms with van der Waals surface area (Å²) >= 11 is 7.86. The maximum absolute atomic E-state index is 13.9. The maximum atomic E-state index is 13.9. The zero-order valence-electron chi connectivity index (χ0n) is 20.1. The Morgan fingerprint density at radius 2 is 2.05 bits per heavy atom. The predicted octanol–water partition coefficient (Wildman–Crippen LogP) is 4.38. The van der Waals surface area contributed by atoms with Crippen LogP contribution in [0.1, 0.15) is 35.3 Å². The molecule has 0 aliphatic carbocycles. The van der Waals surface area contributed by atoms with Crippen LogP contribution < -0.4 is 0 Å². The number of carbonyl (C=O) groups is 1. The molecule has 15 heteroatoms. The van der Waals surface area contributed by atoms with Crippen LogP contribution in [0.2, 0.25) is 5.02 Å². The van der Waals surface area contributed by atoms with E-state index >= 15 is 0 Å². The summed E-state index contributed by atoms with van der Waals surface area (Å²) in [6.45, 7) is -2.30. The van der Waals surface area contributed by atoms with E-state index < -0.39 is 30.0 Å². The number of amides is 1. The summed E-state index contributed by atoms with van der Waals surface area (Å²) in [6, 6.07) is 4.72. The molecule has 1 spiro atoms. The molecule has 2 aromatic heterocycles. The Morgan fingerprint density at radius 1 is 1.28 bits per heavy atom. The molecule has 0 radical (unpaired) electrons. The number of aromatic nitrogens is 3. The van der Waals surface area contributed by atoms with Crippen LogP contribution in [0.15, 0.2) is 52.7 Å². The lowest BCUT2D eigenvalue weighted by Gasteiger charge is -2.32. The number of rotatable bonds is 4. The minimum atomic E-state index is -2.83. The summed E-state index contributed by atoms with van der Waals surface area (Å²) in [7, 11) is 1.67. The molecule has 0 saturated carbocycles. The van der Waals surface area contributed by atoms with Crippen molar-refractivity contribution in [2.75, 3.05) is 20.2 Å². The Balaban J connectivity index is 0.000000983. The minimum Gasteiger partial charge on any atom is -0.447 e. The lowest BCUT2D eigenvalue weighted by atomic mass is 9.90. The molecule has 6 rings (SSSR count). The fourth-order valence-electron chi connectivity index (χ4n) is 4.95. The first-order valence-electron chi connectivity index (χ1n) is 11.4. The van der Waals surface area contributed by atoms with E-state index in [0.29, 0.717) is 39.6 Å². The number of amidine groups is 1. The highest BCUT2D eigenvalue weighted by Gasteiger charge is 2.55. The molecule has 5 heterocycles. The van der Waals surface area contributed by atoms with E-state index in [9.17, 15) is 18.0 Å². The van der Waals surface area contributed by atoms with Crippen molar-refractivity contribution in [3.63, 3.8) is 0 Å². The van der Waals surface area contributed by atoms with Gasteiger partial charge in [0.1, 0.15) is 24.0 Å². The van der Waals surface area contributed by atoms with Gasteiger partial charge in [-0.1, -0.05) is 17.7 Å². The molecule has 3 aliphatic rings. The van der Waals surface area contributed by atoms with Crippen molar-refractivity contribution in [1.82, 2.24) is 24.6 Å². The quantitative estimate of drug-likeness (QED) is 0.452. The molecule has 0 N–H and O–H groups in total. The number of nitrogens with zero attached hydrogens (tertiary/aromatic N) is 6. The number of cyclic esters (lactones) is 1. The van der Waals surface area contributed by atoms with Gasteiger partial charge in [0.15, 0.2) is 10.8 Å². The first kappa shape index (κ1) is 26.6. The van der Waals surface area contributed by atoms with E-state index in [1.807, 2.05) is 10.3 Å². The predicted molar refractivity (Wildman–Crippen MR) is 131 cm³/mol. The molecule has 3 aliphatic heterocycles. The topological polar surface area (TPSA) is 110 Å². The van der Waals surface area contributed by atoms with Gasteiger partial charge >= 0.3 is 18.8 Å². The van der Waals surface area contributed by atoms with E-state index in [2.05, 4.69) is 10.1 Å². The third-order valence-electron chi connectivity index (χ3n) is 6.78. The van der Waals surface area contributed by atoms with Crippen LogP contribution in [-0.4, -0.2) is 68.4 Å². The largest absolute Gasteiger partial charge is 0.447 e. The van der Waals surface area contributed by atoms with Gasteiger partial charge in [0, 0.05) is 53.1 Å². The van der Waals surface area contributed by atoms with Crippen molar-refractivity contribution in [3.05, 3.63) is 74.8 Å². The molecule has 1 aromatic carbocycles. The first-order valence-corrected chi connectivity index (χ1v) is 12.6. The Hall–Kier alpha value is -4.00.